The predicted octanol–water partition coefficient (Wildman–Crippen LogP) is 15.1. The minimum absolute atomic E-state index is 0.0792. The Labute approximate surface area is 345 Å². The van der Waals surface area contributed by atoms with Crippen LogP contribution in [0.4, 0.5) is 0 Å². The van der Waals surface area contributed by atoms with Gasteiger partial charge in [-0.2, -0.15) is 0 Å². The van der Waals surface area contributed by atoms with Crippen LogP contribution < -0.4 is 0 Å². The molecule has 1 aliphatic carbocycles. The molecule has 278 valence electrons. The van der Waals surface area contributed by atoms with E-state index in [4.69, 9.17) is 9.97 Å². The Morgan fingerprint density at radius 1 is 0.322 bits per heavy atom. The van der Waals surface area contributed by atoms with Crippen LogP contribution in [-0.4, -0.2) is 9.97 Å². The van der Waals surface area contributed by atoms with Crippen molar-refractivity contribution in [2.24, 2.45) is 0 Å². The van der Waals surface area contributed by atoms with Gasteiger partial charge in [0.2, 0.25) is 0 Å². The summed E-state index contributed by atoms with van der Waals surface area (Å²) in [6, 6.07) is 74.3. The van der Waals surface area contributed by atoms with Gasteiger partial charge in [0.15, 0.2) is 5.82 Å². The van der Waals surface area contributed by atoms with Crippen molar-refractivity contribution in [1.82, 2.24) is 9.97 Å². The molecule has 1 aromatic heterocycles. The van der Waals surface area contributed by atoms with E-state index in [0.29, 0.717) is 5.82 Å². The maximum atomic E-state index is 5.27. The zero-order valence-corrected chi connectivity index (χ0v) is 33.0. The van der Waals surface area contributed by atoms with E-state index in [1.807, 2.05) is 18.2 Å². The maximum absolute atomic E-state index is 5.27. The second-order valence-electron chi connectivity index (χ2n) is 16.1. The lowest BCUT2D eigenvalue weighted by Gasteiger charge is -2.23. The van der Waals surface area contributed by atoms with Gasteiger partial charge in [-0.3, -0.25) is 0 Å². The Kier molecular flexibility index (Phi) is 8.20. The number of aromatic nitrogens is 2. The molecule has 1 heterocycles. The van der Waals surface area contributed by atoms with Gasteiger partial charge in [0, 0.05) is 22.1 Å². The second-order valence-corrected chi connectivity index (χ2v) is 16.1. The van der Waals surface area contributed by atoms with Gasteiger partial charge in [0.25, 0.3) is 0 Å². The van der Waals surface area contributed by atoms with Crippen LogP contribution in [0.2, 0.25) is 0 Å². The average molecular weight is 753 g/mol. The average Bonchev–Trinajstić information content (AvgIpc) is 3.54. The summed E-state index contributed by atoms with van der Waals surface area (Å²) in [5.74, 6) is 0.704. The lowest BCUT2D eigenvalue weighted by Crippen LogP contribution is -2.15. The highest BCUT2D eigenvalue weighted by atomic mass is 14.9. The van der Waals surface area contributed by atoms with Gasteiger partial charge in [-0.1, -0.05) is 202 Å². The van der Waals surface area contributed by atoms with E-state index in [9.17, 15) is 0 Å². The van der Waals surface area contributed by atoms with E-state index in [0.717, 1.165) is 44.6 Å². The fourth-order valence-electron chi connectivity index (χ4n) is 9.45. The minimum atomic E-state index is -0.0792. The molecule has 0 bridgehead atoms. The highest BCUT2D eigenvalue weighted by molar-refractivity contribution is 6.05. The second kappa shape index (κ2) is 13.9. The zero-order valence-electron chi connectivity index (χ0n) is 33.0. The molecular weight excluding hydrogens is 713 g/mol. The van der Waals surface area contributed by atoms with Gasteiger partial charge >= 0.3 is 0 Å². The zero-order chi connectivity index (χ0) is 39.5. The number of nitrogens with zero attached hydrogens (tertiary/aromatic N) is 2. The Morgan fingerprint density at radius 2 is 0.881 bits per heavy atom. The summed E-state index contributed by atoms with van der Waals surface area (Å²) in [5.41, 5.74) is 17.4. The minimum Gasteiger partial charge on any atom is -0.228 e. The molecule has 0 fully saturated rings. The van der Waals surface area contributed by atoms with E-state index < -0.39 is 0 Å². The van der Waals surface area contributed by atoms with Crippen LogP contribution in [0.1, 0.15) is 25.0 Å². The fraction of sp³-hybridized carbons (Fsp3) is 0.0526. The van der Waals surface area contributed by atoms with Gasteiger partial charge in [0.05, 0.1) is 11.4 Å². The quantitative estimate of drug-likeness (QED) is 0.169. The third kappa shape index (κ3) is 5.87. The van der Waals surface area contributed by atoms with Gasteiger partial charge in [-0.05, 0) is 95.4 Å². The molecule has 0 saturated heterocycles. The molecule has 10 aromatic rings. The largest absolute Gasteiger partial charge is 0.228 e. The molecule has 0 radical (unpaired) electrons. The summed E-state index contributed by atoms with van der Waals surface area (Å²) in [6.07, 6.45) is 0. The van der Waals surface area contributed by atoms with Crippen molar-refractivity contribution in [2.45, 2.75) is 19.3 Å². The van der Waals surface area contributed by atoms with E-state index in [-0.39, 0.29) is 5.41 Å². The number of hydrogen-bond acceptors (Lipinski definition) is 2. The smallest absolute Gasteiger partial charge is 0.160 e. The van der Waals surface area contributed by atoms with Crippen molar-refractivity contribution in [1.29, 1.82) is 0 Å². The van der Waals surface area contributed by atoms with Gasteiger partial charge in [-0.25, -0.2) is 9.97 Å². The van der Waals surface area contributed by atoms with Gasteiger partial charge in [-0.15, -0.1) is 0 Å². The highest BCUT2D eigenvalue weighted by Crippen LogP contribution is 2.52. The lowest BCUT2D eigenvalue weighted by molar-refractivity contribution is 0.666. The van der Waals surface area contributed by atoms with Crippen LogP contribution in [0.3, 0.4) is 0 Å². The summed E-state index contributed by atoms with van der Waals surface area (Å²) >= 11 is 0. The Bertz CT molecular complexity index is 3230. The third-order valence-electron chi connectivity index (χ3n) is 12.3. The Balaban J connectivity index is 1.03. The molecule has 2 heteroatoms. The summed E-state index contributed by atoms with van der Waals surface area (Å²) in [7, 11) is 0. The lowest BCUT2D eigenvalue weighted by atomic mass is 9.80. The van der Waals surface area contributed by atoms with Gasteiger partial charge < -0.3 is 0 Å². The summed E-state index contributed by atoms with van der Waals surface area (Å²) < 4.78 is 0. The molecule has 0 N–H and O–H groups in total. The Hall–Kier alpha value is -7.42. The molecular formula is C57H40N2. The first-order valence-electron chi connectivity index (χ1n) is 20.4. The molecule has 0 aliphatic heterocycles. The van der Waals surface area contributed by atoms with Crippen molar-refractivity contribution in [2.75, 3.05) is 0 Å². The summed E-state index contributed by atoms with van der Waals surface area (Å²) in [5, 5.41) is 4.98. The van der Waals surface area contributed by atoms with Crippen molar-refractivity contribution in [3.05, 3.63) is 217 Å². The molecule has 0 amide bonds. The van der Waals surface area contributed by atoms with Crippen molar-refractivity contribution in [3.8, 4) is 78.4 Å². The monoisotopic (exact) mass is 752 g/mol. The summed E-state index contributed by atoms with van der Waals surface area (Å²) in [4.78, 5) is 10.5. The van der Waals surface area contributed by atoms with Gasteiger partial charge in [0.1, 0.15) is 0 Å². The molecule has 11 rings (SSSR count). The van der Waals surface area contributed by atoms with E-state index in [1.54, 1.807) is 0 Å². The standard InChI is InChI=1S/C57H40N2/c1-57(2)52-33-29-41(35-51(52)50-30-28-38-18-9-10-24-45(38)55(50)57)40-21-15-22-42(34-40)44-31-32-49(47-26-13-12-25-46(44)47)54-36-53(58-56(59-54)39-19-7-4-8-20-39)48-27-14-11-23-43(48)37-16-5-3-6-17-37/h3-36H,1-2H3. The van der Waals surface area contributed by atoms with Crippen molar-refractivity contribution in [3.63, 3.8) is 0 Å². The van der Waals surface area contributed by atoms with Crippen molar-refractivity contribution >= 4 is 21.5 Å². The number of benzene rings is 9. The number of fused-ring (bicyclic) bond motifs is 6. The maximum Gasteiger partial charge on any atom is 0.160 e. The number of rotatable bonds is 6. The molecule has 0 saturated carbocycles. The molecule has 9 aromatic carbocycles. The van der Waals surface area contributed by atoms with Crippen LogP contribution in [0.15, 0.2) is 206 Å². The summed E-state index contributed by atoms with van der Waals surface area (Å²) in [6.45, 7) is 4.74. The van der Waals surface area contributed by atoms with E-state index >= 15 is 0 Å². The third-order valence-corrected chi connectivity index (χ3v) is 12.3. The molecule has 0 unspecified atom stereocenters. The van der Waals surface area contributed by atoms with Crippen LogP contribution in [0, 0.1) is 0 Å². The number of hydrogen-bond donors (Lipinski definition) is 0. The van der Waals surface area contributed by atoms with Crippen LogP contribution >= 0.6 is 0 Å². The topological polar surface area (TPSA) is 25.8 Å². The first-order chi connectivity index (χ1) is 29.0. The first-order valence-corrected chi connectivity index (χ1v) is 20.4. The molecule has 59 heavy (non-hydrogen) atoms. The molecule has 0 spiro atoms. The normalized spacial score (nSPS) is 12.7. The fourth-order valence-corrected chi connectivity index (χ4v) is 9.45. The van der Waals surface area contributed by atoms with E-state index in [2.05, 4.69) is 202 Å². The highest BCUT2D eigenvalue weighted by Gasteiger charge is 2.37. The van der Waals surface area contributed by atoms with Crippen LogP contribution in [0.5, 0.6) is 0 Å². The van der Waals surface area contributed by atoms with Crippen LogP contribution in [0.25, 0.3) is 100.0 Å². The SMILES string of the molecule is CC1(C)c2ccc(-c3cccc(-c4ccc(-c5cc(-c6ccccc6-c6ccccc6)nc(-c6ccccc6)n5)c5ccccc45)c3)cc2-c2ccc3ccccc3c21. The Morgan fingerprint density at radius 3 is 1.66 bits per heavy atom. The molecule has 1 aliphatic rings. The van der Waals surface area contributed by atoms with Crippen molar-refractivity contribution < 1.29 is 0 Å². The molecule has 0 atom stereocenters. The van der Waals surface area contributed by atoms with Crippen LogP contribution in [-0.2, 0) is 5.41 Å². The first kappa shape index (κ1) is 34.8. The molecule has 2 nitrogen and oxygen atoms in total. The van der Waals surface area contributed by atoms with E-state index in [1.165, 1.54) is 60.7 Å². The predicted molar refractivity (Wildman–Crippen MR) is 247 cm³/mol.